The van der Waals surface area contributed by atoms with Crippen molar-refractivity contribution < 1.29 is 26.7 Å². The maximum atomic E-state index is 12.7. The van der Waals surface area contributed by atoms with E-state index in [0.717, 1.165) is 0 Å². The van der Waals surface area contributed by atoms with E-state index in [9.17, 15) is 22.0 Å². The van der Waals surface area contributed by atoms with Gasteiger partial charge >= 0.3 is 6.61 Å². The fourth-order valence-electron chi connectivity index (χ4n) is 2.68. The number of benzene rings is 1. The van der Waals surface area contributed by atoms with Crippen LogP contribution in [0.3, 0.4) is 0 Å². The van der Waals surface area contributed by atoms with Gasteiger partial charge in [0.25, 0.3) is 5.91 Å². The molecule has 0 N–H and O–H groups in total. The molecule has 1 atom stereocenters. The van der Waals surface area contributed by atoms with Crippen LogP contribution in [-0.4, -0.2) is 49.9 Å². The maximum Gasteiger partial charge on any atom is 0.387 e. The Labute approximate surface area is 134 Å². The molecule has 1 aromatic carbocycles. The number of hydrogen-bond donors (Lipinski definition) is 0. The average Bonchev–Trinajstić information content (AvgIpc) is 2.83. The predicted octanol–water partition coefficient (Wildman–Crippen LogP) is 2.33. The smallest absolute Gasteiger partial charge is 0.387 e. The SMILES string of the molecule is CCCN(C(=O)c1cccc(OC(F)F)c1)C1CCS(=O)(=O)C1. The molecule has 0 saturated carbocycles. The number of sulfone groups is 1. The van der Waals surface area contributed by atoms with Gasteiger partial charge in [0.05, 0.1) is 11.5 Å². The summed E-state index contributed by atoms with van der Waals surface area (Å²) in [4.78, 5) is 14.2. The molecule has 1 fully saturated rings. The highest BCUT2D eigenvalue weighted by Crippen LogP contribution is 2.22. The Hall–Kier alpha value is -1.70. The Bertz CT molecular complexity index is 663. The monoisotopic (exact) mass is 347 g/mol. The number of carbonyl (C=O) groups is 1. The van der Waals surface area contributed by atoms with E-state index in [1.54, 1.807) is 0 Å². The van der Waals surface area contributed by atoms with Gasteiger partial charge in [-0.2, -0.15) is 8.78 Å². The van der Waals surface area contributed by atoms with E-state index in [1.165, 1.54) is 29.2 Å². The lowest BCUT2D eigenvalue weighted by atomic mass is 10.1. The Morgan fingerprint density at radius 2 is 2.17 bits per heavy atom. The first-order valence-corrected chi connectivity index (χ1v) is 9.21. The number of hydrogen-bond acceptors (Lipinski definition) is 4. The first-order chi connectivity index (χ1) is 10.8. The Morgan fingerprint density at radius 1 is 1.43 bits per heavy atom. The molecule has 2 rings (SSSR count). The number of ether oxygens (including phenoxy) is 1. The zero-order chi connectivity index (χ0) is 17.0. The molecule has 1 saturated heterocycles. The number of nitrogens with zero attached hydrogens (tertiary/aromatic N) is 1. The van der Waals surface area contributed by atoms with Crippen molar-refractivity contribution >= 4 is 15.7 Å². The second-order valence-electron chi connectivity index (χ2n) is 5.46. The molecule has 1 amide bonds. The van der Waals surface area contributed by atoms with E-state index >= 15 is 0 Å². The second kappa shape index (κ2) is 7.25. The number of amides is 1. The van der Waals surface area contributed by atoms with E-state index in [1.807, 2.05) is 6.92 Å². The molecule has 0 bridgehead atoms. The van der Waals surface area contributed by atoms with Crippen molar-refractivity contribution in [2.75, 3.05) is 18.1 Å². The number of carbonyl (C=O) groups excluding carboxylic acids is 1. The highest BCUT2D eigenvalue weighted by atomic mass is 32.2. The van der Waals surface area contributed by atoms with Gasteiger partial charge in [0.15, 0.2) is 9.84 Å². The maximum absolute atomic E-state index is 12.7. The molecule has 0 aliphatic carbocycles. The lowest BCUT2D eigenvalue weighted by molar-refractivity contribution is -0.0499. The van der Waals surface area contributed by atoms with Gasteiger partial charge in [-0.15, -0.1) is 0 Å². The van der Waals surface area contributed by atoms with E-state index in [0.29, 0.717) is 19.4 Å². The van der Waals surface area contributed by atoms with Gasteiger partial charge in [0.1, 0.15) is 5.75 Å². The summed E-state index contributed by atoms with van der Waals surface area (Å²) < 4.78 is 52.1. The van der Waals surface area contributed by atoms with Gasteiger partial charge in [-0.05, 0) is 31.0 Å². The van der Waals surface area contributed by atoms with Gasteiger partial charge in [-0.3, -0.25) is 4.79 Å². The van der Waals surface area contributed by atoms with Crippen LogP contribution in [0.2, 0.25) is 0 Å². The van der Waals surface area contributed by atoms with Gasteiger partial charge in [-0.1, -0.05) is 13.0 Å². The van der Waals surface area contributed by atoms with Crippen molar-refractivity contribution in [2.45, 2.75) is 32.4 Å². The first kappa shape index (κ1) is 17.7. The van der Waals surface area contributed by atoms with E-state index in [-0.39, 0.29) is 34.8 Å². The lowest BCUT2D eigenvalue weighted by Gasteiger charge is -2.28. The minimum absolute atomic E-state index is 0.0496. The molecular formula is C15H19F2NO4S. The normalized spacial score (nSPS) is 19.7. The zero-order valence-corrected chi connectivity index (χ0v) is 13.6. The topological polar surface area (TPSA) is 63.7 Å². The Balaban J connectivity index is 2.21. The molecule has 128 valence electrons. The molecule has 8 heteroatoms. The van der Waals surface area contributed by atoms with Crippen LogP contribution < -0.4 is 4.74 Å². The third-order valence-corrected chi connectivity index (χ3v) is 5.43. The minimum Gasteiger partial charge on any atom is -0.435 e. The molecule has 0 aromatic heterocycles. The summed E-state index contributed by atoms with van der Waals surface area (Å²) in [6.07, 6.45) is 1.08. The Kier molecular flexibility index (Phi) is 5.56. The lowest BCUT2D eigenvalue weighted by Crippen LogP contribution is -2.41. The fourth-order valence-corrected chi connectivity index (χ4v) is 4.41. The summed E-state index contributed by atoms with van der Waals surface area (Å²) >= 11 is 0. The van der Waals surface area contributed by atoms with Gasteiger partial charge in [-0.25, -0.2) is 8.42 Å². The molecule has 1 unspecified atom stereocenters. The van der Waals surface area contributed by atoms with Gasteiger partial charge in [0, 0.05) is 18.2 Å². The summed E-state index contributed by atoms with van der Waals surface area (Å²) in [6, 6.07) is 5.19. The zero-order valence-electron chi connectivity index (χ0n) is 12.7. The Morgan fingerprint density at radius 3 is 2.74 bits per heavy atom. The number of halogens is 2. The van der Waals surface area contributed by atoms with Crippen LogP contribution in [0.5, 0.6) is 5.75 Å². The van der Waals surface area contributed by atoms with Crippen molar-refractivity contribution in [2.24, 2.45) is 0 Å². The van der Waals surface area contributed by atoms with Gasteiger partial charge in [0.2, 0.25) is 0 Å². The van der Waals surface area contributed by atoms with Crippen LogP contribution in [0.25, 0.3) is 0 Å². The predicted molar refractivity (Wildman–Crippen MR) is 81.5 cm³/mol. The van der Waals surface area contributed by atoms with Crippen molar-refractivity contribution in [3.05, 3.63) is 29.8 Å². The average molecular weight is 347 g/mol. The van der Waals surface area contributed by atoms with E-state index in [2.05, 4.69) is 4.74 Å². The standard InChI is InChI=1S/C15H19F2NO4S/c1-2-7-18(12-6-8-23(20,21)10-12)14(19)11-4-3-5-13(9-11)22-15(16)17/h3-5,9,12,15H,2,6-8,10H2,1H3. The number of alkyl halides is 2. The summed E-state index contributed by atoms with van der Waals surface area (Å²) in [7, 11) is -3.12. The summed E-state index contributed by atoms with van der Waals surface area (Å²) in [5.41, 5.74) is 0.209. The fraction of sp³-hybridized carbons (Fsp3) is 0.533. The third kappa shape index (κ3) is 4.63. The second-order valence-corrected chi connectivity index (χ2v) is 7.69. The highest BCUT2D eigenvalue weighted by molar-refractivity contribution is 7.91. The van der Waals surface area contributed by atoms with Crippen molar-refractivity contribution in [1.82, 2.24) is 4.90 Å². The molecular weight excluding hydrogens is 328 g/mol. The minimum atomic E-state index is -3.12. The molecule has 23 heavy (non-hydrogen) atoms. The molecule has 0 radical (unpaired) electrons. The van der Waals surface area contributed by atoms with Crippen LogP contribution in [-0.2, 0) is 9.84 Å². The van der Waals surface area contributed by atoms with Crippen LogP contribution >= 0.6 is 0 Å². The summed E-state index contributed by atoms with van der Waals surface area (Å²) in [5.74, 6) is -0.443. The molecule has 1 aliphatic rings. The van der Waals surface area contributed by atoms with Crippen LogP contribution in [0.1, 0.15) is 30.1 Å². The van der Waals surface area contributed by atoms with Crippen LogP contribution in [0, 0.1) is 0 Å². The van der Waals surface area contributed by atoms with Crippen LogP contribution in [0.4, 0.5) is 8.78 Å². The molecule has 5 nitrogen and oxygen atoms in total. The first-order valence-electron chi connectivity index (χ1n) is 7.38. The summed E-state index contributed by atoms with van der Waals surface area (Å²) in [6.45, 7) is -0.661. The van der Waals surface area contributed by atoms with Gasteiger partial charge < -0.3 is 9.64 Å². The van der Waals surface area contributed by atoms with E-state index < -0.39 is 16.4 Å². The van der Waals surface area contributed by atoms with E-state index in [4.69, 9.17) is 0 Å². The van der Waals surface area contributed by atoms with Crippen LogP contribution in [0.15, 0.2) is 24.3 Å². The molecule has 1 heterocycles. The largest absolute Gasteiger partial charge is 0.435 e. The molecule has 1 aromatic rings. The summed E-state index contributed by atoms with van der Waals surface area (Å²) in [5, 5.41) is 0. The third-order valence-electron chi connectivity index (χ3n) is 3.68. The quantitative estimate of drug-likeness (QED) is 0.792. The van der Waals surface area contributed by atoms with Crippen molar-refractivity contribution in [3.63, 3.8) is 0 Å². The van der Waals surface area contributed by atoms with Crippen molar-refractivity contribution in [1.29, 1.82) is 0 Å². The van der Waals surface area contributed by atoms with Crippen molar-refractivity contribution in [3.8, 4) is 5.75 Å². The number of rotatable bonds is 6. The molecule has 1 aliphatic heterocycles. The highest BCUT2D eigenvalue weighted by Gasteiger charge is 2.34. The molecule has 0 spiro atoms.